The van der Waals surface area contributed by atoms with E-state index in [0.29, 0.717) is 5.92 Å². The smallest absolute Gasteiger partial charge is 0.0543 e. The van der Waals surface area contributed by atoms with Gasteiger partial charge in [0, 0.05) is 6.61 Å². The van der Waals surface area contributed by atoms with Gasteiger partial charge in [0.15, 0.2) is 0 Å². The van der Waals surface area contributed by atoms with Crippen molar-refractivity contribution in [3.05, 3.63) is 0 Å². The highest BCUT2D eigenvalue weighted by molar-refractivity contribution is 4.73. The zero-order valence-electron chi connectivity index (χ0n) is 4.88. The first-order valence-corrected chi connectivity index (χ1v) is 3.12. The van der Waals surface area contributed by atoms with Crippen LogP contribution in [0, 0.1) is 5.92 Å². The summed E-state index contributed by atoms with van der Waals surface area (Å²) in [5.74, 6) is 0.380. The maximum Gasteiger partial charge on any atom is 0.0543 e. The van der Waals surface area contributed by atoms with Crippen LogP contribution in [0.1, 0.15) is 19.3 Å². The van der Waals surface area contributed by atoms with Crippen molar-refractivity contribution in [3.8, 4) is 0 Å². The molecule has 1 fully saturated rings. The molecule has 8 heavy (non-hydrogen) atoms. The summed E-state index contributed by atoms with van der Waals surface area (Å²) in [5.41, 5.74) is 0. The predicted octanol–water partition coefficient (Wildman–Crippen LogP) is 0.140. The van der Waals surface area contributed by atoms with Gasteiger partial charge in [-0.05, 0) is 25.2 Å². The van der Waals surface area contributed by atoms with E-state index in [1.807, 2.05) is 0 Å². The molecule has 0 bridgehead atoms. The minimum Gasteiger partial charge on any atom is -0.396 e. The molecular formula is C6H12O2. The van der Waals surface area contributed by atoms with Crippen molar-refractivity contribution >= 4 is 0 Å². The molecule has 2 nitrogen and oxygen atoms in total. The summed E-state index contributed by atoms with van der Waals surface area (Å²) in [6.07, 6.45) is 2.55. The number of aliphatic hydroxyl groups excluding tert-OH is 2. The lowest BCUT2D eigenvalue weighted by Crippen LogP contribution is -2.03. The van der Waals surface area contributed by atoms with Crippen molar-refractivity contribution in [2.24, 2.45) is 5.92 Å². The number of aliphatic hydroxyl groups is 2. The van der Waals surface area contributed by atoms with E-state index >= 15 is 0 Å². The van der Waals surface area contributed by atoms with Crippen molar-refractivity contribution in [2.45, 2.75) is 25.4 Å². The number of rotatable bonds is 1. The van der Waals surface area contributed by atoms with Crippen molar-refractivity contribution in [1.82, 2.24) is 0 Å². The fraction of sp³-hybridized carbons (Fsp3) is 1.00. The van der Waals surface area contributed by atoms with E-state index in [4.69, 9.17) is 10.2 Å². The molecule has 0 saturated heterocycles. The van der Waals surface area contributed by atoms with Gasteiger partial charge >= 0.3 is 0 Å². The monoisotopic (exact) mass is 116 g/mol. The van der Waals surface area contributed by atoms with Crippen LogP contribution >= 0.6 is 0 Å². The third-order valence-electron chi connectivity index (χ3n) is 1.77. The predicted molar refractivity (Wildman–Crippen MR) is 30.4 cm³/mol. The molecule has 0 aromatic rings. The molecule has 2 N–H and O–H groups in total. The first-order chi connectivity index (χ1) is 3.83. The van der Waals surface area contributed by atoms with Gasteiger partial charge in [0.1, 0.15) is 0 Å². The molecule has 2 atom stereocenters. The normalized spacial score (nSPS) is 38.2. The Morgan fingerprint density at radius 3 is 2.38 bits per heavy atom. The lowest BCUT2D eigenvalue weighted by Gasteiger charge is -2.00. The molecule has 0 heterocycles. The van der Waals surface area contributed by atoms with Crippen molar-refractivity contribution in [2.75, 3.05) is 6.61 Å². The second kappa shape index (κ2) is 2.46. The van der Waals surface area contributed by atoms with E-state index in [-0.39, 0.29) is 12.7 Å². The van der Waals surface area contributed by atoms with E-state index < -0.39 is 0 Å². The molecule has 1 saturated carbocycles. The van der Waals surface area contributed by atoms with Crippen LogP contribution in [-0.2, 0) is 0 Å². The quantitative estimate of drug-likeness (QED) is 0.511. The highest BCUT2D eigenvalue weighted by Crippen LogP contribution is 2.24. The second-order valence-corrected chi connectivity index (χ2v) is 2.52. The van der Waals surface area contributed by atoms with Gasteiger partial charge in [-0.3, -0.25) is 0 Å². The zero-order chi connectivity index (χ0) is 5.98. The molecule has 48 valence electrons. The average Bonchev–Trinajstić information content (AvgIpc) is 2.14. The Hall–Kier alpha value is -0.0800. The Balaban J connectivity index is 2.22. The number of hydrogen-bond donors (Lipinski definition) is 2. The van der Waals surface area contributed by atoms with Crippen molar-refractivity contribution < 1.29 is 10.2 Å². The highest BCUT2D eigenvalue weighted by atomic mass is 16.3. The Labute approximate surface area is 49.1 Å². The summed E-state index contributed by atoms with van der Waals surface area (Å²) in [6.45, 7) is 0.247. The van der Waals surface area contributed by atoms with E-state index in [1.54, 1.807) is 0 Å². The van der Waals surface area contributed by atoms with Crippen LogP contribution in [0.4, 0.5) is 0 Å². The second-order valence-electron chi connectivity index (χ2n) is 2.52. The molecule has 0 aromatic carbocycles. The highest BCUT2D eigenvalue weighted by Gasteiger charge is 2.21. The third-order valence-corrected chi connectivity index (χ3v) is 1.77. The van der Waals surface area contributed by atoms with Crippen molar-refractivity contribution in [3.63, 3.8) is 0 Å². The van der Waals surface area contributed by atoms with Gasteiger partial charge in [-0.2, -0.15) is 0 Å². The molecule has 0 amide bonds. The fourth-order valence-electron chi connectivity index (χ4n) is 1.21. The Bertz CT molecular complexity index is 72.9. The van der Waals surface area contributed by atoms with Crippen LogP contribution < -0.4 is 0 Å². The first kappa shape index (κ1) is 6.05. The molecule has 0 aliphatic heterocycles. The van der Waals surface area contributed by atoms with Crippen LogP contribution in [0.3, 0.4) is 0 Å². The van der Waals surface area contributed by atoms with Crippen LogP contribution in [0.15, 0.2) is 0 Å². The van der Waals surface area contributed by atoms with Crippen LogP contribution in [0.5, 0.6) is 0 Å². The molecule has 0 aromatic heterocycles. The van der Waals surface area contributed by atoms with Gasteiger partial charge in [0.2, 0.25) is 0 Å². The molecule has 2 heteroatoms. The van der Waals surface area contributed by atoms with Gasteiger partial charge < -0.3 is 10.2 Å². The summed E-state index contributed by atoms with van der Waals surface area (Å²) in [5, 5.41) is 17.5. The van der Waals surface area contributed by atoms with E-state index in [0.717, 1.165) is 19.3 Å². The van der Waals surface area contributed by atoms with E-state index in [2.05, 4.69) is 0 Å². The summed E-state index contributed by atoms with van der Waals surface area (Å²) < 4.78 is 0. The van der Waals surface area contributed by atoms with Crippen LogP contribution in [0.2, 0.25) is 0 Å². The lowest BCUT2D eigenvalue weighted by atomic mass is 10.1. The molecule has 0 radical (unpaired) electrons. The minimum absolute atomic E-state index is 0.132. The van der Waals surface area contributed by atoms with Gasteiger partial charge in [-0.1, -0.05) is 0 Å². The average molecular weight is 116 g/mol. The molecule has 0 unspecified atom stereocenters. The largest absolute Gasteiger partial charge is 0.396 e. The Morgan fingerprint density at radius 2 is 2.12 bits per heavy atom. The topological polar surface area (TPSA) is 40.5 Å². The van der Waals surface area contributed by atoms with Gasteiger partial charge in [-0.15, -0.1) is 0 Å². The zero-order valence-corrected chi connectivity index (χ0v) is 4.88. The SMILES string of the molecule is OC[C@H]1CC[C@@H](O)C1. The maximum absolute atomic E-state index is 8.92. The fourth-order valence-corrected chi connectivity index (χ4v) is 1.21. The standard InChI is InChI=1S/C6H12O2/c7-4-5-1-2-6(8)3-5/h5-8H,1-4H2/t5-,6+/m0/s1. The third kappa shape index (κ3) is 1.20. The Morgan fingerprint density at radius 1 is 1.38 bits per heavy atom. The maximum atomic E-state index is 8.92. The van der Waals surface area contributed by atoms with Gasteiger partial charge in [-0.25, -0.2) is 0 Å². The van der Waals surface area contributed by atoms with E-state index in [1.165, 1.54) is 0 Å². The summed E-state index contributed by atoms with van der Waals surface area (Å²) in [6, 6.07) is 0. The summed E-state index contributed by atoms with van der Waals surface area (Å²) in [7, 11) is 0. The molecular weight excluding hydrogens is 104 g/mol. The molecule has 1 rings (SSSR count). The summed E-state index contributed by atoms with van der Waals surface area (Å²) >= 11 is 0. The summed E-state index contributed by atoms with van der Waals surface area (Å²) in [4.78, 5) is 0. The van der Waals surface area contributed by atoms with E-state index in [9.17, 15) is 0 Å². The van der Waals surface area contributed by atoms with Crippen LogP contribution in [-0.4, -0.2) is 22.9 Å². The molecule has 0 spiro atoms. The minimum atomic E-state index is -0.132. The first-order valence-electron chi connectivity index (χ1n) is 3.12. The van der Waals surface area contributed by atoms with Gasteiger partial charge in [0.05, 0.1) is 6.10 Å². The van der Waals surface area contributed by atoms with Crippen molar-refractivity contribution in [1.29, 1.82) is 0 Å². The van der Waals surface area contributed by atoms with Crippen LogP contribution in [0.25, 0.3) is 0 Å². The Kier molecular flexibility index (Phi) is 1.86. The molecule has 1 aliphatic rings. The number of hydrogen-bond acceptors (Lipinski definition) is 2. The lowest BCUT2D eigenvalue weighted by molar-refractivity contribution is 0.163. The van der Waals surface area contributed by atoms with Gasteiger partial charge in [0.25, 0.3) is 0 Å². The molecule has 1 aliphatic carbocycles.